The van der Waals surface area contributed by atoms with Crippen molar-refractivity contribution in [1.29, 1.82) is 0 Å². The Morgan fingerprint density at radius 2 is 0.780 bits per heavy atom. The average Bonchev–Trinajstić information content (AvgIpc) is 3.84. The molecule has 0 saturated heterocycles. The van der Waals surface area contributed by atoms with Gasteiger partial charge < -0.3 is 13.9 Å². The molecular formula is C56H36N2O. The molecule has 0 amide bonds. The zero-order valence-corrected chi connectivity index (χ0v) is 32.1. The monoisotopic (exact) mass is 752 g/mol. The van der Waals surface area contributed by atoms with E-state index in [0.717, 1.165) is 50.2 Å². The summed E-state index contributed by atoms with van der Waals surface area (Å²) in [6, 6.07) is 78.9. The maximum atomic E-state index is 6.35. The summed E-state index contributed by atoms with van der Waals surface area (Å²) in [6.07, 6.45) is 0. The highest BCUT2D eigenvalue weighted by atomic mass is 16.3. The van der Waals surface area contributed by atoms with E-state index in [-0.39, 0.29) is 0 Å². The van der Waals surface area contributed by atoms with Crippen molar-refractivity contribution in [1.82, 2.24) is 4.57 Å². The molecule has 2 aromatic heterocycles. The van der Waals surface area contributed by atoms with Crippen LogP contribution in [0.25, 0.3) is 93.2 Å². The van der Waals surface area contributed by atoms with Gasteiger partial charge in [0.2, 0.25) is 0 Å². The Morgan fingerprint density at radius 1 is 0.305 bits per heavy atom. The van der Waals surface area contributed by atoms with Gasteiger partial charge in [-0.3, -0.25) is 0 Å². The Balaban J connectivity index is 1.18. The second kappa shape index (κ2) is 13.4. The Kier molecular flexibility index (Phi) is 7.54. The molecule has 0 aliphatic rings. The number of benzene rings is 10. The van der Waals surface area contributed by atoms with Gasteiger partial charge in [-0.05, 0) is 111 Å². The summed E-state index contributed by atoms with van der Waals surface area (Å²) < 4.78 is 8.75. The summed E-state index contributed by atoms with van der Waals surface area (Å²) in [6.45, 7) is 0. The standard InChI is InChI=1S/C56H36N2O/c1-4-16-37(17-5-1)55-48-25-11-10-22-43(48)44-31-28-40(35-50(44)56(55)38-18-6-2-7-19-38)57(41-30-33-54-49(34-41)47-24-13-15-27-53(47)59-54)42-29-32-46-45-23-12-14-26-51(45)58(52(46)36-42)39-20-8-3-9-21-39/h1-36H. The molecule has 10 aromatic carbocycles. The van der Waals surface area contributed by atoms with Gasteiger partial charge in [0, 0.05) is 44.3 Å². The SMILES string of the molecule is c1ccc(-c2c(-c3ccccc3)c3cc(N(c4ccc5oc6ccccc6c5c4)c4ccc5c6ccccc6n(-c6ccccc6)c5c4)ccc3c3ccccc23)cc1. The van der Waals surface area contributed by atoms with Crippen LogP contribution < -0.4 is 4.90 Å². The van der Waals surface area contributed by atoms with Crippen molar-refractivity contribution in [2.75, 3.05) is 4.90 Å². The zero-order chi connectivity index (χ0) is 38.9. The Hall–Kier alpha value is -7.88. The largest absolute Gasteiger partial charge is 0.456 e. The van der Waals surface area contributed by atoms with E-state index in [1.54, 1.807) is 0 Å². The molecule has 0 radical (unpaired) electrons. The van der Waals surface area contributed by atoms with Crippen LogP contribution in [-0.4, -0.2) is 4.57 Å². The summed E-state index contributed by atoms with van der Waals surface area (Å²) in [5, 5.41) is 9.54. The molecule has 12 rings (SSSR count). The Morgan fingerprint density at radius 3 is 1.51 bits per heavy atom. The van der Waals surface area contributed by atoms with E-state index in [9.17, 15) is 0 Å². The summed E-state index contributed by atoms with van der Waals surface area (Å²) >= 11 is 0. The van der Waals surface area contributed by atoms with Crippen LogP contribution in [0, 0.1) is 0 Å². The quantitative estimate of drug-likeness (QED) is 0.158. The zero-order valence-electron chi connectivity index (χ0n) is 32.1. The second-order valence-electron chi connectivity index (χ2n) is 15.3. The molecule has 0 fully saturated rings. The highest BCUT2D eigenvalue weighted by Gasteiger charge is 2.22. The number of rotatable bonds is 6. The molecule has 0 spiro atoms. The lowest BCUT2D eigenvalue weighted by Gasteiger charge is -2.27. The molecular weight excluding hydrogens is 717 g/mol. The number of fused-ring (bicyclic) bond motifs is 9. The normalized spacial score (nSPS) is 11.7. The van der Waals surface area contributed by atoms with Crippen LogP contribution in [0.4, 0.5) is 17.1 Å². The molecule has 0 atom stereocenters. The van der Waals surface area contributed by atoms with Crippen LogP contribution >= 0.6 is 0 Å². The van der Waals surface area contributed by atoms with Gasteiger partial charge in [-0.15, -0.1) is 0 Å². The van der Waals surface area contributed by atoms with Crippen LogP contribution in [0.2, 0.25) is 0 Å². The third-order valence-electron chi connectivity index (χ3n) is 11.9. The predicted octanol–water partition coefficient (Wildman–Crippen LogP) is 15.8. The van der Waals surface area contributed by atoms with E-state index < -0.39 is 0 Å². The first-order chi connectivity index (χ1) is 29.3. The topological polar surface area (TPSA) is 21.3 Å². The number of hydrogen-bond acceptors (Lipinski definition) is 2. The van der Waals surface area contributed by atoms with Gasteiger partial charge in [-0.1, -0.05) is 152 Å². The van der Waals surface area contributed by atoms with E-state index >= 15 is 0 Å². The van der Waals surface area contributed by atoms with E-state index in [1.807, 2.05) is 12.1 Å². The predicted molar refractivity (Wildman–Crippen MR) is 249 cm³/mol. The molecule has 0 N–H and O–H groups in total. The van der Waals surface area contributed by atoms with Gasteiger partial charge in [-0.2, -0.15) is 0 Å². The first kappa shape index (κ1) is 33.3. The van der Waals surface area contributed by atoms with Crippen LogP contribution in [-0.2, 0) is 0 Å². The molecule has 0 saturated carbocycles. The van der Waals surface area contributed by atoms with Crippen molar-refractivity contribution < 1.29 is 4.42 Å². The first-order valence-corrected chi connectivity index (χ1v) is 20.2. The van der Waals surface area contributed by atoms with Gasteiger partial charge in [-0.25, -0.2) is 0 Å². The van der Waals surface area contributed by atoms with Gasteiger partial charge in [0.15, 0.2) is 0 Å². The minimum Gasteiger partial charge on any atom is -0.456 e. The molecule has 0 aliphatic carbocycles. The summed E-state index contributed by atoms with van der Waals surface area (Å²) in [5.74, 6) is 0. The number of nitrogens with zero attached hydrogens (tertiary/aromatic N) is 2. The molecule has 0 unspecified atom stereocenters. The van der Waals surface area contributed by atoms with Crippen molar-refractivity contribution >= 4 is 82.4 Å². The number of anilines is 3. The van der Waals surface area contributed by atoms with Crippen LogP contribution in [0.3, 0.4) is 0 Å². The lowest BCUT2D eigenvalue weighted by atomic mass is 9.85. The Bertz CT molecular complexity index is 3550. The van der Waals surface area contributed by atoms with Gasteiger partial charge in [0.25, 0.3) is 0 Å². The van der Waals surface area contributed by atoms with Gasteiger partial charge in [0.1, 0.15) is 11.2 Å². The fraction of sp³-hybridized carbons (Fsp3) is 0. The van der Waals surface area contributed by atoms with Crippen molar-refractivity contribution in [3.63, 3.8) is 0 Å². The van der Waals surface area contributed by atoms with Crippen molar-refractivity contribution in [2.24, 2.45) is 0 Å². The Labute approximate surface area is 341 Å². The van der Waals surface area contributed by atoms with E-state index in [1.165, 1.54) is 60.1 Å². The smallest absolute Gasteiger partial charge is 0.135 e. The number of para-hydroxylation sites is 3. The van der Waals surface area contributed by atoms with Crippen molar-refractivity contribution in [3.8, 4) is 27.9 Å². The molecule has 12 aromatic rings. The number of hydrogen-bond donors (Lipinski definition) is 0. The molecule has 59 heavy (non-hydrogen) atoms. The van der Waals surface area contributed by atoms with Gasteiger partial charge in [0.05, 0.1) is 11.0 Å². The maximum Gasteiger partial charge on any atom is 0.135 e. The maximum absolute atomic E-state index is 6.35. The lowest BCUT2D eigenvalue weighted by Crippen LogP contribution is -2.10. The first-order valence-electron chi connectivity index (χ1n) is 20.2. The fourth-order valence-corrected chi connectivity index (χ4v) is 9.38. The van der Waals surface area contributed by atoms with Crippen molar-refractivity contribution in [3.05, 3.63) is 218 Å². The third kappa shape index (κ3) is 5.29. The second-order valence-corrected chi connectivity index (χ2v) is 15.3. The van der Waals surface area contributed by atoms with Crippen molar-refractivity contribution in [2.45, 2.75) is 0 Å². The van der Waals surface area contributed by atoms with Crippen LogP contribution in [0.5, 0.6) is 0 Å². The molecule has 276 valence electrons. The minimum absolute atomic E-state index is 0.874. The third-order valence-corrected chi connectivity index (χ3v) is 11.9. The van der Waals surface area contributed by atoms with Gasteiger partial charge >= 0.3 is 0 Å². The molecule has 2 heterocycles. The minimum atomic E-state index is 0.874. The lowest BCUT2D eigenvalue weighted by molar-refractivity contribution is 0.669. The number of furan rings is 1. The highest BCUT2D eigenvalue weighted by molar-refractivity contribution is 6.22. The molecule has 3 nitrogen and oxygen atoms in total. The van der Waals surface area contributed by atoms with Crippen LogP contribution in [0.15, 0.2) is 223 Å². The molecule has 0 aliphatic heterocycles. The van der Waals surface area contributed by atoms with E-state index in [0.29, 0.717) is 0 Å². The summed E-state index contributed by atoms with van der Waals surface area (Å²) in [4.78, 5) is 2.42. The molecule has 0 bridgehead atoms. The molecule has 3 heteroatoms. The number of aromatic nitrogens is 1. The summed E-state index contributed by atoms with van der Waals surface area (Å²) in [5.41, 5.74) is 13.3. The van der Waals surface area contributed by atoms with Crippen LogP contribution in [0.1, 0.15) is 0 Å². The average molecular weight is 753 g/mol. The highest BCUT2D eigenvalue weighted by Crippen LogP contribution is 2.48. The summed E-state index contributed by atoms with van der Waals surface area (Å²) in [7, 11) is 0. The van der Waals surface area contributed by atoms with E-state index in [2.05, 4.69) is 216 Å². The van der Waals surface area contributed by atoms with E-state index in [4.69, 9.17) is 4.42 Å². The fourth-order valence-electron chi connectivity index (χ4n) is 9.38.